The molecule has 1 aromatic carbocycles. The molecule has 2 aromatic heterocycles. The molecule has 0 spiro atoms. The summed E-state index contributed by atoms with van der Waals surface area (Å²) in [6.45, 7) is 4.98. The normalized spacial score (nSPS) is 20.6. The Balaban J connectivity index is 0.000000286. The summed E-state index contributed by atoms with van der Waals surface area (Å²) in [6, 6.07) is 8.91. The zero-order valence-electron chi connectivity index (χ0n) is 16.6. The van der Waals surface area contributed by atoms with Crippen LogP contribution in [0, 0.1) is 11.8 Å². The quantitative estimate of drug-likeness (QED) is 0.684. The van der Waals surface area contributed by atoms with Gasteiger partial charge in [-0.25, -0.2) is 4.98 Å². The van der Waals surface area contributed by atoms with E-state index in [0.717, 1.165) is 27.7 Å². The van der Waals surface area contributed by atoms with Crippen molar-refractivity contribution in [2.24, 2.45) is 11.8 Å². The van der Waals surface area contributed by atoms with Crippen molar-refractivity contribution in [2.75, 3.05) is 25.1 Å². The number of benzene rings is 1. The first kappa shape index (κ1) is 19.7. The minimum absolute atomic E-state index is 0.136. The highest BCUT2D eigenvalue weighted by molar-refractivity contribution is 7.84. The highest BCUT2D eigenvalue weighted by atomic mass is 32.2. The van der Waals surface area contributed by atoms with Crippen LogP contribution in [0.15, 0.2) is 46.2 Å². The number of aromatic nitrogens is 3. The predicted molar refractivity (Wildman–Crippen MR) is 116 cm³/mol. The topological polar surface area (TPSA) is 103 Å². The maximum atomic E-state index is 12.7. The van der Waals surface area contributed by atoms with Gasteiger partial charge in [0.05, 0.1) is 0 Å². The van der Waals surface area contributed by atoms with Crippen molar-refractivity contribution < 1.29 is 4.21 Å². The summed E-state index contributed by atoms with van der Waals surface area (Å²) in [6.07, 6.45) is 4.76. The third-order valence-corrected chi connectivity index (χ3v) is 6.48. The van der Waals surface area contributed by atoms with Gasteiger partial charge in [-0.15, -0.1) is 0 Å². The maximum Gasteiger partial charge on any atom is 0.260 e. The van der Waals surface area contributed by atoms with Crippen molar-refractivity contribution in [1.82, 2.24) is 19.9 Å². The number of nitrogens with zero attached hydrogens (tertiary/aromatic N) is 3. The number of aryl methyl sites for hydroxylation is 1. The summed E-state index contributed by atoms with van der Waals surface area (Å²) < 4.78 is 13.1. The lowest BCUT2D eigenvalue weighted by Gasteiger charge is -2.11. The first-order chi connectivity index (χ1) is 14.0. The van der Waals surface area contributed by atoms with Gasteiger partial charge in [-0.2, -0.15) is 4.98 Å². The number of hydrogen-bond donors (Lipinski definition) is 2. The van der Waals surface area contributed by atoms with E-state index in [2.05, 4.69) is 15.3 Å². The molecule has 1 saturated heterocycles. The predicted octanol–water partition coefficient (Wildman–Crippen LogP) is 2.02. The standard InChI is InChI=1S/C16H16N4O2S.C5H9N/c1-3-20-14-11(9-18-16(17)19-14)8-13(15(20)21)10-4-6-12(7-5-10)23(2)22;1-4-2-6-3-5(1)4/h4-9H,3H2,1-2H3,(H2,17,18,19);4-6H,1-3H2. The molecule has 3 aromatic rings. The van der Waals surface area contributed by atoms with Gasteiger partial charge in [-0.1, -0.05) is 12.1 Å². The van der Waals surface area contributed by atoms with Crippen LogP contribution in [0.25, 0.3) is 22.2 Å². The zero-order chi connectivity index (χ0) is 20.5. The van der Waals surface area contributed by atoms with Crippen molar-refractivity contribution in [3.05, 3.63) is 46.9 Å². The minimum atomic E-state index is -1.05. The van der Waals surface area contributed by atoms with Gasteiger partial charge in [-0.05, 0) is 62.0 Å². The monoisotopic (exact) mass is 411 g/mol. The lowest BCUT2D eigenvalue weighted by Crippen LogP contribution is -2.22. The van der Waals surface area contributed by atoms with Gasteiger partial charge in [-0.3, -0.25) is 13.6 Å². The Kier molecular flexibility index (Phi) is 5.47. The van der Waals surface area contributed by atoms with E-state index in [0.29, 0.717) is 17.8 Å². The average Bonchev–Trinajstić information content (AvgIpc) is 3.32. The van der Waals surface area contributed by atoms with Crippen LogP contribution < -0.4 is 16.6 Å². The second-order valence-electron chi connectivity index (χ2n) is 7.51. The zero-order valence-corrected chi connectivity index (χ0v) is 17.4. The molecule has 5 rings (SSSR count). The molecule has 3 heterocycles. The SMILES string of the molecule is C1NCC2CC12.CCn1c(=O)c(-c2ccc(S(C)=O)cc2)cc2cnc(N)nc21. The number of hydrogen-bond acceptors (Lipinski definition) is 6. The summed E-state index contributed by atoms with van der Waals surface area (Å²) in [5.74, 6) is 2.34. The Morgan fingerprint density at radius 3 is 2.45 bits per heavy atom. The lowest BCUT2D eigenvalue weighted by atomic mass is 10.1. The molecular formula is C21H25N5O2S. The molecule has 7 nitrogen and oxygen atoms in total. The fraction of sp³-hybridized carbons (Fsp3) is 0.381. The van der Waals surface area contributed by atoms with Crippen molar-refractivity contribution in [3.8, 4) is 11.1 Å². The summed E-state index contributed by atoms with van der Waals surface area (Å²) in [5.41, 5.74) is 7.34. The highest BCUT2D eigenvalue weighted by Crippen LogP contribution is 2.40. The van der Waals surface area contributed by atoms with E-state index in [1.54, 1.807) is 47.4 Å². The number of nitrogens with two attached hydrogens (primary N) is 1. The summed E-state index contributed by atoms with van der Waals surface area (Å²) >= 11 is 0. The number of anilines is 1. The van der Waals surface area contributed by atoms with Crippen LogP contribution in [0.4, 0.5) is 5.95 Å². The van der Waals surface area contributed by atoms with Gasteiger partial charge in [0.25, 0.3) is 5.56 Å². The molecule has 2 aliphatic rings. The molecule has 0 bridgehead atoms. The molecule has 1 saturated carbocycles. The smallest absolute Gasteiger partial charge is 0.260 e. The van der Waals surface area contributed by atoms with E-state index in [4.69, 9.17) is 5.73 Å². The van der Waals surface area contributed by atoms with Crippen molar-refractivity contribution >= 4 is 27.8 Å². The third kappa shape index (κ3) is 4.09. The second kappa shape index (κ2) is 8.04. The third-order valence-electron chi connectivity index (χ3n) is 5.54. The van der Waals surface area contributed by atoms with Gasteiger partial charge in [0.1, 0.15) is 5.65 Å². The van der Waals surface area contributed by atoms with Gasteiger partial charge in [0.15, 0.2) is 0 Å². The number of nitrogen functional groups attached to an aromatic ring is 1. The van der Waals surface area contributed by atoms with Crippen LogP contribution in [0.2, 0.25) is 0 Å². The molecule has 2 fully saturated rings. The Labute approximate surface area is 171 Å². The fourth-order valence-electron chi connectivity index (χ4n) is 3.76. The molecule has 1 aliphatic carbocycles. The summed E-state index contributed by atoms with van der Waals surface area (Å²) in [4.78, 5) is 21.6. The molecule has 1 aliphatic heterocycles. The number of nitrogens with one attached hydrogen (secondary N) is 1. The molecule has 8 heteroatoms. The van der Waals surface area contributed by atoms with E-state index in [1.807, 2.05) is 6.92 Å². The second-order valence-corrected chi connectivity index (χ2v) is 8.89. The van der Waals surface area contributed by atoms with Crippen LogP contribution in [-0.2, 0) is 17.3 Å². The molecule has 3 unspecified atom stereocenters. The molecular weight excluding hydrogens is 386 g/mol. The lowest BCUT2D eigenvalue weighted by molar-refractivity contribution is 0.687. The van der Waals surface area contributed by atoms with Crippen LogP contribution >= 0.6 is 0 Å². The Morgan fingerprint density at radius 2 is 1.93 bits per heavy atom. The summed E-state index contributed by atoms with van der Waals surface area (Å²) in [7, 11) is -1.05. The van der Waals surface area contributed by atoms with E-state index in [9.17, 15) is 9.00 Å². The number of piperidine rings is 1. The van der Waals surface area contributed by atoms with Crippen LogP contribution in [-0.4, -0.2) is 38.1 Å². The first-order valence-corrected chi connectivity index (χ1v) is 11.3. The molecule has 29 heavy (non-hydrogen) atoms. The molecule has 3 N–H and O–H groups in total. The number of fused-ring (bicyclic) bond motifs is 2. The molecule has 0 amide bonds. The van der Waals surface area contributed by atoms with Crippen molar-refractivity contribution in [1.29, 1.82) is 0 Å². The van der Waals surface area contributed by atoms with E-state index < -0.39 is 10.8 Å². The number of pyridine rings is 1. The van der Waals surface area contributed by atoms with Crippen molar-refractivity contribution in [3.63, 3.8) is 0 Å². The first-order valence-electron chi connectivity index (χ1n) is 9.78. The average molecular weight is 412 g/mol. The minimum Gasteiger partial charge on any atom is -0.368 e. The largest absolute Gasteiger partial charge is 0.368 e. The molecule has 0 radical (unpaired) electrons. The summed E-state index contributed by atoms with van der Waals surface area (Å²) in [5, 5.41) is 4.07. The van der Waals surface area contributed by atoms with E-state index >= 15 is 0 Å². The molecule has 152 valence electrons. The Morgan fingerprint density at radius 1 is 1.24 bits per heavy atom. The van der Waals surface area contributed by atoms with Crippen LogP contribution in [0.5, 0.6) is 0 Å². The van der Waals surface area contributed by atoms with Gasteiger partial charge >= 0.3 is 0 Å². The van der Waals surface area contributed by atoms with Crippen molar-refractivity contribution in [2.45, 2.75) is 24.8 Å². The Hall–Kier alpha value is -2.58. The van der Waals surface area contributed by atoms with Gasteiger partial charge in [0, 0.05) is 45.6 Å². The van der Waals surface area contributed by atoms with E-state index in [-0.39, 0.29) is 11.5 Å². The fourth-order valence-corrected chi connectivity index (χ4v) is 4.28. The van der Waals surface area contributed by atoms with Crippen LogP contribution in [0.1, 0.15) is 13.3 Å². The Bertz CT molecular complexity index is 1120. The molecule has 3 atom stereocenters. The maximum absolute atomic E-state index is 12.7. The van der Waals surface area contributed by atoms with Gasteiger partial charge < -0.3 is 11.1 Å². The van der Waals surface area contributed by atoms with E-state index in [1.165, 1.54) is 19.5 Å². The highest BCUT2D eigenvalue weighted by Gasteiger charge is 2.40. The van der Waals surface area contributed by atoms with Crippen LogP contribution in [0.3, 0.4) is 0 Å². The number of rotatable bonds is 3. The van der Waals surface area contributed by atoms with Gasteiger partial charge in [0.2, 0.25) is 5.95 Å².